The predicted molar refractivity (Wildman–Crippen MR) is 51.7 cm³/mol. The Balaban J connectivity index is 4.05. The summed E-state index contributed by atoms with van der Waals surface area (Å²) in [6.07, 6.45) is 5.36. The standard InChI is InChI=1S/C9H14N2O3/c1-4-6(3)10-9(14)11-7(5-2)8(12)13/h1,6-7H,5H2,2-3H3,(H,12,13)(H2,10,11,14)/t6?,7-/m1/s1. The molecule has 0 spiro atoms. The maximum absolute atomic E-state index is 11.1. The number of hydrogen-bond donors (Lipinski definition) is 3. The molecule has 0 aliphatic heterocycles. The Morgan fingerprint density at radius 3 is 2.43 bits per heavy atom. The van der Waals surface area contributed by atoms with E-state index in [0.717, 1.165) is 0 Å². The van der Waals surface area contributed by atoms with Gasteiger partial charge in [-0.05, 0) is 13.3 Å². The van der Waals surface area contributed by atoms with Gasteiger partial charge in [0.25, 0.3) is 0 Å². The lowest BCUT2D eigenvalue weighted by atomic mass is 10.2. The molecule has 5 nitrogen and oxygen atoms in total. The summed E-state index contributed by atoms with van der Waals surface area (Å²) in [6.45, 7) is 3.30. The van der Waals surface area contributed by atoms with Crippen LogP contribution in [0.15, 0.2) is 0 Å². The van der Waals surface area contributed by atoms with Crippen LogP contribution in [0.25, 0.3) is 0 Å². The van der Waals surface area contributed by atoms with Crippen LogP contribution >= 0.6 is 0 Å². The van der Waals surface area contributed by atoms with Crippen LogP contribution in [0.5, 0.6) is 0 Å². The van der Waals surface area contributed by atoms with Gasteiger partial charge < -0.3 is 15.7 Å². The third-order valence-corrected chi connectivity index (χ3v) is 1.61. The lowest BCUT2D eigenvalue weighted by Crippen LogP contribution is -2.47. The second-order valence-corrected chi connectivity index (χ2v) is 2.81. The molecule has 2 amide bonds. The molecule has 0 aliphatic carbocycles. The molecule has 0 saturated heterocycles. The summed E-state index contributed by atoms with van der Waals surface area (Å²) in [4.78, 5) is 21.6. The topological polar surface area (TPSA) is 78.4 Å². The first-order chi connectivity index (χ1) is 6.51. The first-order valence-electron chi connectivity index (χ1n) is 4.27. The van der Waals surface area contributed by atoms with E-state index in [0.29, 0.717) is 6.42 Å². The van der Waals surface area contributed by atoms with E-state index in [-0.39, 0.29) is 0 Å². The number of carbonyl (C=O) groups excluding carboxylic acids is 1. The lowest BCUT2D eigenvalue weighted by molar-refractivity contribution is -0.139. The molecule has 5 heteroatoms. The summed E-state index contributed by atoms with van der Waals surface area (Å²) < 4.78 is 0. The van der Waals surface area contributed by atoms with E-state index in [1.54, 1.807) is 13.8 Å². The van der Waals surface area contributed by atoms with Crippen molar-refractivity contribution >= 4 is 12.0 Å². The van der Waals surface area contributed by atoms with Gasteiger partial charge in [0.1, 0.15) is 6.04 Å². The molecule has 2 atom stereocenters. The molecule has 0 aromatic carbocycles. The lowest BCUT2D eigenvalue weighted by Gasteiger charge is -2.14. The van der Waals surface area contributed by atoms with Crippen molar-refractivity contribution in [3.8, 4) is 12.3 Å². The number of terminal acetylenes is 1. The monoisotopic (exact) mass is 198 g/mol. The number of rotatable bonds is 4. The molecule has 0 aromatic heterocycles. The predicted octanol–water partition coefficient (Wildman–Crippen LogP) is 0.170. The highest BCUT2D eigenvalue weighted by Crippen LogP contribution is 1.90. The van der Waals surface area contributed by atoms with Crippen molar-refractivity contribution in [1.82, 2.24) is 10.6 Å². The third kappa shape index (κ3) is 4.36. The molecule has 0 heterocycles. The maximum atomic E-state index is 11.1. The molecule has 0 aromatic rings. The molecule has 0 radical (unpaired) electrons. The first kappa shape index (κ1) is 12.3. The van der Waals surface area contributed by atoms with Crippen molar-refractivity contribution in [2.45, 2.75) is 32.4 Å². The van der Waals surface area contributed by atoms with Gasteiger partial charge >= 0.3 is 12.0 Å². The minimum Gasteiger partial charge on any atom is -0.480 e. The quantitative estimate of drug-likeness (QED) is 0.563. The van der Waals surface area contributed by atoms with E-state index < -0.39 is 24.1 Å². The fourth-order valence-corrected chi connectivity index (χ4v) is 0.777. The molecule has 3 N–H and O–H groups in total. The molecule has 0 bridgehead atoms. The summed E-state index contributed by atoms with van der Waals surface area (Å²) in [5.74, 6) is 1.24. The van der Waals surface area contributed by atoms with Crippen LogP contribution < -0.4 is 10.6 Å². The first-order valence-corrected chi connectivity index (χ1v) is 4.27. The Hall–Kier alpha value is -1.70. The summed E-state index contributed by atoms with van der Waals surface area (Å²) in [5, 5.41) is 13.3. The minimum absolute atomic E-state index is 0.327. The second-order valence-electron chi connectivity index (χ2n) is 2.81. The Morgan fingerprint density at radius 2 is 2.07 bits per heavy atom. The van der Waals surface area contributed by atoms with Crippen LogP contribution in [-0.2, 0) is 4.79 Å². The highest BCUT2D eigenvalue weighted by Gasteiger charge is 2.17. The molecule has 1 unspecified atom stereocenters. The third-order valence-electron chi connectivity index (χ3n) is 1.61. The van der Waals surface area contributed by atoms with E-state index >= 15 is 0 Å². The molecule has 0 fully saturated rings. The normalized spacial score (nSPS) is 13.5. The number of hydrogen-bond acceptors (Lipinski definition) is 2. The highest BCUT2D eigenvalue weighted by atomic mass is 16.4. The summed E-state index contributed by atoms with van der Waals surface area (Å²) in [5.41, 5.74) is 0. The Kier molecular flexibility index (Phi) is 5.15. The molecular weight excluding hydrogens is 184 g/mol. The van der Waals surface area contributed by atoms with Gasteiger partial charge in [-0.3, -0.25) is 0 Å². The van der Waals surface area contributed by atoms with Crippen LogP contribution in [0.3, 0.4) is 0 Å². The fraction of sp³-hybridized carbons (Fsp3) is 0.556. The summed E-state index contributed by atoms with van der Waals surface area (Å²) >= 11 is 0. The largest absolute Gasteiger partial charge is 0.480 e. The number of aliphatic carboxylic acids is 1. The van der Waals surface area contributed by atoms with E-state index in [9.17, 15) is 9.59 Å². The molecule has 14 heavy (non-hydrogen) atoms. The number of carboxylic acids is 1. The van der Waals surface area contributed by atoms with Gasteiger partial charge in [-0.25, -0.2) is 9.59 Å². The van der Waals surface area contributed by atoms with Gasteiger partial charge in [-0.2, -0.15) is 0 Å². The van der Waals surface area contributed by atoms with Crippen LogP contribution in [0, 0.1) is 12.3 Å². The number of carboxylic acid groups (broad SMARTS) is 1. The van der Waals surface area contributed by atoms with E-state index in [1.807, 2.05) is 0 Å². The number of amides is 2. The van der Waals surface area contributed by atoms with Crippen LogP contribution in [-0.4, -0.2) is 29.2 Å². The highest BCUT2D eigenvalue weighted by molar-refractivity contribution is 5.82. The minimum atomic E-state index is -1.06. The zero-order valence-electron chi connectivity index (χ0n) is 8.20. The summed E-state index contributed by atoms with van der Waals surface area (Å²) in [7, 11) is 0. The Labute approximate surface area is 82.9 Å². The Morgan fingerprint density at radius 1 is 1.50 bits per heavy atom. The molecule has 0 aliphatic rings. The van der Waals surface area contributed by atoms with Gasteiger partial charge in [-0.15, -0.1) is 6.42 Å². The SMILES string of the molecule is C#CC(C)NC(=O)N[C@H](CC)C(=O)O. The van der Waals surface area contributed by atoms with Crippen LogP contribution in [0.1, 0.15) is 20.3 Å². The second kappa shape index (κ2) is 5.86. The fourth-order valence-electron chi connectivity index (χ4n) is 0.777. The van der Waals surface area contributed by atoms with Crippen LogP contribution in [0.2, 0.25) is 0 Å². The van der Waals surface area contributed by atoms with Crippen LogP contribution in [0.4, 0.5) is 4.79 Å². The van der Waals surface area contributed by atoms with Crippen molar-refractivity contribution in [1.29, 1.82) is 0 Å². The summed E-state index contributed by atoms with van der Waals surface area (Å²) in [6, 6.07) is -1.86. The Bertz CT molecular complexity index is 257. The van der Waals surface area contributed by atoms with Gasteiger partial charge in [0, 0.05) is 0 Å². The van der Waals surface area contributed by atoms with E-state index in [2.05, 4.69) is 16.6 Å². The maximum Gasteiger partial charge on any atom is 0.326 e. The molecular formula is C9H14N2O3. The van der Waals surface area contributed by atoms with E-state index in [1.165, 1.54) is 0 Å². The van der Waals surface area contributed by atoms with Gasteiger partial charge in [0.2, 0.25) is 0 Å². The zero-order valence-corrected chi connectivity index (χ0v) is 8.20. The number of nitrogens with one attached hydrogen (secondary N) is 2. The number of urea groups is 1. The van der Waals surface area contributed by atoms with Crippen molar-refractivity contribution in [3.63, 3.8) is 0 Å². The smallest absolute Gasteiger partial charge is 0.326 e. The molecule has 0 saturated carbocycles. The van der Waals surface area contributed by atoms with Crippen molar-refractivity contribution < 1.29 is 14.7 Å². The number of carbonyl (C=O) groups is 2. The molecule has 78 valence electrons. The van der Waals surface area contributed by atoms with Gasteiger partial charge in [-0.1, -0.05) is 12.8 Å². The zero-order chi connectivity index (χ0) is 11.1. The van der Waals surface area contributed by atoms with Gasteiger partial charge in [0.05, 0.1) is 6.04 Å². The van der Waals surface area contributed by atoms with Gasteiger partial charge in [0.15, 0.2) is 0 Å². The van der Waals surface area contributed by atoms with E-state index in [4.69, 9.17) is 11.5 Å². The van der Waals surface area contributed by atoms with Crippen molar-refractivity contribution in [2.24, 2.45) is 0 Å². The average molecular weight is 198 g/mol. The van der Waals surface area contributed by atoms with Crippen molar-refractivity contribution in [3.05, 3.63) is 0 Å². The average Bonchev–Trinajstić information content (AvgIpc) is 2.13. The van der Waals surface area contributed by atoms with Crippen molar-refractivity contribution in [2.75, 3.05) is 0 Å². The molecule has 0 rings (SSSR count).